The third-order valence-corrected chi connectivity index (χ3v) is 4.51. The average molecular weight is 272 g/mol. The van der Waals surface area contributed by atoms with Crippen LogP contribution in [0.4, 0.5) is 5.69 Å². The number of nitrogen functional groups attached to an aromatic ring is 1. The number of hydrogen-bond acceptors (Lipinski definition) is 4. The molecule has 0 aliphatic carbocycles. The van der Waals surface area contributed by atoms with Gasteiger partial charge in [0, 0.05) is 12.2 Å². The predicted molar refractivity (Wildman–Crippen MR) is 71.9 cm³/mol. The lowest BCUT2D eigenvalue weighted by Gasteiger charge is -2.16. The van der Waals surface area contributed by atoms with Gasteiger partial charge < -0.3 is 10.8 Å². The molecular formula is C12H20N2O3S. The Bertz CT molecular complexity index is 551. The van der Waals surface area contributed by atoms with Gasteiger partial charge in [0.05, 0.1) is 11.0 Å². The summed E-state index contributed by atoms with van der Waals surface area (Å²) >= 11 is 0. The maximum atomic E-state index is 12.2. The molecule has 0 radical (unpaired) electrons. The summed E-state index contributed by atoms with van der Waals surface area (Å²) in [6, 6.07) is 1.75. The van der Waals surface area contributed by atoms with E-state index >= 15 is 0 Å². The standard InChI is InChI=1S/C12H20N2O3S/c1-7-5-8(2)12(10(4)11(7)13)18(16,17)14-6-9(3)15/h5,9,14-15H,6,13H2,1-4H3/t9-/m0/s1. The monoisotopic (exact) mass is 272 g/mol. The van der Waals surface area contributed by atoms with E-state index < -0.39 is 16.1 Å². The topological polar surface area (TPSA) is 92.4 Å². The fourth-order valence-corrected chi connectivity index (χ4v) is 3.50. The minimum absolute atomic E-state index is 0.0189. The first kappa shape index (κ1) is 14.9. The molecule has 6 heteroatoms. The minimum atomic E-state index is -3.65. The summed E-state index contributed by atoms with van der Waals surface area (Å²) in [5.41, 5.74) is 8.40. The van der Waals surface area contributed by atoms with Crippen molar-refractivity contribution in [3.05, 3.63) is 22.8 Å². The minimum Gasteiger partial charge on any atom is -0.398 e. The molecule has 0 spiro atoms. The molecule has 1 aromatic rings. The first-order valence-corrected chi connectivity index (χ1v) is 7.19. The van der Waals surface area contributed by atoms with Crippen LogP contribution in [0.5, 0.6) is 0 Å². The van der Waals surface area contributed by atoms with Crippen molar-refractivity contribution in [2.75, 3.05) is 12.3 Å². The third kappa shape index (κ3) is 3.01. The fourth-order valence-electron chi connectivity index (χ4n) is 1.90. The number of aryl methyl sites for hydroxylation is 2. The number of sulfonamides is 1. The summed E-state index contributed by atoms with van der Waals surface area (Å²) in [4.78, 5) is 0.200. The van der Waals surface area contributed by atoms with Crippen LogP contribution in [0, 0.1) is 20.8 Å². The van der Waals surface area contributed by atoms with Crippen molar-refractivity contribution in [3.8, 4) is 0 Å². The van der Waals surface area contributed by atoms with Gasteiger partial charge in [-0.2, -0.15) is 0 Å². The summed E-state index contributed by atoms with van der Waals surface area (Å²) in [6.07, 6.45) is -0.733. The Hall–Kier alpha value is -1.11. The number of nitrogens with one attached hydrogen (secondary N) is 1. The lowest BCUT2D eigenvalue weighted by molar-refractivity contribution is 0.198. The van der Waals surface area contributed by atoms with Crippen molar-refractivity contribution in [1.82, 2.24) is 4.72 Å². The number of rotatable bonds is 4. The van der Waals surface area contributed by atoms with Gasteiger partial charge in [0.2, 0.25) is 10.0 Å². The van der Waals surface area contributed by atoms with Crippen LogP contribution in [0.15, 0.2) is 11.0 Å². The summed E-state index contributed by atoms with van der Waals surface area (Å²) in [6.45, 7) is 6.76. The van der Waals surface area contributed by atoms with Gasteiger partial charge >= 0.3 is 0 Å². The van der Waals surface area contributed by atoms with E-state index in [9.17, 15) is 8.42 Å². The SMILES string of the molecule is Cc1cc(C)c(S(=O)(=O)NC[C@H](C)O)c(C)c1N. The van der Waals surface area contributed by atoms with E-state index in [1.54, 1.807) is 19.9 Å². The van der Waals surface area contributed by atoms with Gasteiger partial charge in [0.15, 0.2) is 0 Å². The average Bonchev–Trinajstić information content (AvgIpc) is 2.23. The summed E-state index contributed by atoms with van der Waals surface area (Å²) in [7, 11) is -3.65. The van der Waals surface area contributed by atoms with Crippen LogP contribution in [-0.4, -0.2) is 26.2 Å². The maximum Gasteiger partial charge on any atom is 0.241 e. The highest BCUT2D eigenvalue weighted by Crippen LogP contribution is 2.27. The largest absolute Gasteiger partial charge is 0.398 e. The summed E-state index contributed by atoms with van der Waals surface area (Å²) in [5, 5.41) is 9.15. The number of aliphatic hydroxyl groups excluding tert-OH is 1. The van der Waals surface area contributed by atoms with Gasteiger partial charge in [-0.25, -0.2) is 13.1 Å². The normalized spacial score (nSPS) is 13.6. The van der Waals surface area contributed by atoms with Gasteiger partial charge in [-0.05, 0) is 44.4 Å². The van der Waals surface area contributed by atoms with Crippen LogP contribution in [0.3, 0.4) is 0 Å². The number of hydrogen-bond donors (Lipinski definition) is 3. The first-order chi connectivity index (χ1) is 8.16. The van der Waals surface area contributed by atoms with Gasteiger partial charge in [0.1, 0.15) is 0 Å². The van der Waals surface area contributed by atoms with Crippen molar-refractivity contribution in [2.45, 2.75) is 38.7 Å². The quantitative estimate of drug-likeness (QED) is 0.709. The molecule has 0 amide bonds. The second-order valence-corrected chi connectivity index (χ2v) is 6.28. The molecular weight excluding hydrogens is 252 g/mol. The fraction of sp³-hybridized carbons (Fsp3) is 0.500. The van der Waals surface area contributed by atoms with Crippen molar-refractivity contribution in [1.29, 1.82) is 0 Å². The summed E-state index contributed by atoms with van der Waals surface area (Å²) in [5.74, 6) is 0. The molecule has 0 aromatic heterocycles. The van der Waals surface area contributed by atoms with Gasteiger partial charge in [-0.1, -0.05) is 6.07 Å². The highest BCUT2D eigenvalue weighted by atomic mass is 32.2. The lowest BCUT2D eigenvalue weighted by Crippen LogP contribution is -2.31. The van der Waals surface area contributed by atoms with Crippen LogP contribution in [-0.2, 0) is 10.0 Å². The maximum absolute atomic E-state index is 12.2. The van der Waals surface area contributed by atoms with Crippen LogP contribution < -0.4 is 10.5 Å². The Kier molecular flexibility index (Phi) is 4.37. The zero-order chi connectivity index (χ0) is 14.1. The smallest absolute Gasteiger partial charge is 0.241 e. The molecule has 0 aliphatic rings. The Morgan fingerprint density at radius 2 is 1.89 bits per heavy atom. The molecule has 0 saturated carbocycles. The molecule has 102 valence electrons. The molecule has 0 saturated heterocycles. The molecule has 0 aliphatic heterocycles. The zero-order valence-electron chi connectivity index (χ0n) is 11.1. The van der Waals surface area contributed by atoms with Crippen molar-refractivity contribution < 1.29 is 13.5 Å². The van der Waals surface area contributed by atoms with Crippen LogP contribution in [0.25, 0.3) is 0 Å². The van der Waals surface area contributed by atoms with Crippen LogP contribution in [0.1, 0.15) is 23.6 Å². The van der Waals surface area contributed by atoms with E-state index in [4.69, 9.17) is 10.8 Å². The Morgan fingerprint density at radius 3 is 2.39 bits per heavy atom. The third-order valence-electron chi connectivity index (χ3n) is 2.80. The molecule has 0 fully saturated rings. The molecule has 0 unspecified atom stereocenters. The molecule has 1 rings (SSSR count). The molecule has 18 heavy (non-hydrogen) atoms. The number of aliphatic hydroxyl groups is 1. The van der Waals surface area contributed by atoms with E-state index in [0.717, 1.165) is 5.56 Å². The second kappa shape index (κ2) is 5.26. The zero-order valence-corrected chi connectivity index (χ0v) is 11.9. The van der Waals surface area contributed by atoms with Crippen molar-refractivity contribution in [3.63, 3.8) is 0 Å². The van der Waals surface area contributed by atoms with Crippen molar-refractivity contribution in [2.24, 2.45) is 0 Å². The molecule has 4 N–H and O–H groups in total. The Labute approximate surface area is 108 Å². The Morgan fingerprint density at radius 1 is 1.33 bits per heavy atom. The molecule has 1 atom stereocenters. The molecule has 1 aromatic carbocycles. The van der Waals surface area contributed by atoms with E-state index in [-0.39, 0.29) is 11.4 Å². The van der Waals surface area contributed by atoms with E-state index in [2.05, 4.69) is 4.72 Å². The highest BCUT2D eigenvalue weighted by Gasteiger charge is 2.22. The van der Waals surface area contributed by atoms with E-state index in [0.29, 0.717) is 16.8 Å². The van der Waals surface area contributed by atoms with Crippen molar-refractivity contribution >= 4 is 15.7 Å². The van der Waals surface area contributed by atoms with Crippen LogP contribution in [0.2, 0.25) is 0 Å². The highest BCUT2D eigenvalue weighted by molar-refractivity contribution is 7.89. The number of nitrogens with two attached hydrogens (primary N) is 1. The van der Waals surface area contributed by atoms with E-state index in [1.165, 1.54) is 6.92 Å². The molecule has 0 bridgehead atoms. The molecule has 5 nitrogen and oxygen atoms in total. The number of anilines is 1. The molecule has 0 heterocycles. The summed E-state index contributed by atoms with van der Waals surface area (Å²) < 4.78 is 26.7. The van der Waals surface area contributed by atoms with Gasteiger partial charge in [-0.15, -0.1) is 0 Å². The number of benzene rings is 1. The first-order valence-electron chi connectivity index (χ1n) is 5.70. The second-order valence-electron chi connectivity index (χ2n) is 4.58. The predicted octanol–water partition coefficient (Wildman–Crippen LogP) is 0.853. The van der Waals surface area contributed by atoms with E-state index in [1.807, 2.05) is 6.92 Å². The van der Waals surface area contributed by atoms with Gasteiger partial charge in [-0.3, -0.25) is 0 Å². The lowest BCUT2D eigenvalue weighted by atomic mass is 10.1. The van der Waals surface area contributed by atoms with Crippen LogP contribution >= 0.6 is 0 Å². The Balaban J connectivity index is 3.29. The van der Waals surface area contributed by atoms with Gasteiger partial charge in [0.25, 0.3) is 0 Å².